The second-order valence-corrected chi connectivity index (χ2v) is 7.20. The van der Waals surface area contributed by atoms with Crippen molar-refractivity contribution in [1.29, 1.82) is 0 Å². The number of methoxy groups -OCH3 is 1. The number of carbonyl (C=O) groups is 1. The summed E-state index contributed by atoms with van der Waals surface area (Å²) in [5, 5.41) is 5.14. The van der Waals surface area contributed by atoms with Crippen molar-refractivity contribution in [2.75, 3.05) is 25.6 Å². The van der Waals surface area contributed by atoms with Crippen LogP contribution in [-0.4, -0.2) is 26.2 Å². The van der Waals surface area contributed by atoms with Gasteiger partial charge in [0.15, 0.2) is 18.1 Å². The summed E-state index contributed by atoms with van der Waals surface area (Å²) in [7, 11) is 1.62. The zero-order chi connectivity index (χ0) is 18.9. The Kier molecular flexibility index (Phi) is 8.18. The molecule has 0 unspecified atom stereocenters. The number of nitrogens with one attached hydrogen (secondary N) is 1. The Labute approximate surface area is 168 Å². The molecular weight excluding hydrogens is 443 g/mol. The number of quaternary nitrogens is 1. The van der Waals surface area contributed by atoms with E-state index in [1.807, 2.05) is 37.3 Å². The molecule has 0 radical (unpaired) electrons. The highest BCUT2D eigenvalue weighted by molar-refractivity contribution is 14.1. The van der Waals surface area contributed by atoms with Crippen molar-refractivity contribution in [2.24, 2.45) is 0 Å². The minimum absolute atomic E-state index is 0.0675. The largest absolute Gasteiger partial charge is 0.493 e. The summed E-state index contributed by atoms with van der Waals surface area (Å²) in [5.41, 5.74) is 2.99. The van der Waals surface area contributed by atoms with E-state index in [0.29, 0.717) is 11.5 Å². The van der Waals surface area contributed by atoms with E-state index in [1.165, 1.54) is 5.56 Å². The number of anilines is 1. The molecule has 0 saturated heterocycles. The number of hydrogen-bond donors (Lipinski definition) is 2. The van der Waals surface area contributed by atoms with E-state index >= 15 is 0 Å². The molecule has 0 bridgehead atoms. The van der Waals surface area contributed by atoms with Crippen LogP contribution >= 0.6 is 22.6 Å². The normalized spacial score (nSPS) is 10.5. The van der Waals surface area contributed by atoms with Gasteiger partial charge in [0.05, 0.1) is 17.2 Å². The number of aryl methyl sites for hydroxylation is 1. The monoisotopic (exact) mass is 469 g/mol. The molecule has 0 fully saturated rings. The van der Waals surface area contributed by atoms with Crippen molar-refractivity contribution in [3.63, 3.8) is 0 Å². The highest BCUT2D eigenvalue weighted by Gasteiger charge is 2.14. The zero-order valence-corrected chi connectivity index (χ0v) is 17.6. The molecule has 2 aromatic rings. The molecule has 3 N–H and O–H groups in total. The number of nitrogens with two attached hydrogens (primary N) is 1. The van der Waals surface area contributed by atoms with Crippen LogP contribution in [-0.2, 0) is 11.3 Å². The van der Waals surface area contributed by atoms with E-state index in [2.05, 4.69) is 46.2 Å². The van der Waals surface area contributed by atoms with Crippen LogP contribution in [0.1, 0.15) is 24.5 Å². The van der Waals surface area contributed by atoms with Crippen molar-refractivity contribution in [1.82, 2.24) is 0 Å². The van der Waals surface area contributed by atoms with Gasteiger partial charge in [0, 0.05) is 11.3 Å². The predicted molar refractivity (Wildman–Crippen MR) is 112 cm³/mol. The van der Waals surface area contributed by atoms with Gasteiger partial charge in [-0.2, -0.15) is 0 Å². The number of halogens is 1. The lowest BCUT2D eigenvalue weighted by molar-refractivity contribution is -0.670. The molecule has 0 spiro atoms. The van der Waals surface area contributed by atoms with Gasteiger partial charge in [-0.25, -0.2) is 0 Å². The molecule has 0 aliphatic carbocycles. The van der Waals surface area contributed by atoms with Gasteiger partial charge >= 0.3 is 0 Å². The summed E-state index contributed by atoms with van der Waals surface area (Å²) < 4.78 is 12.2. The molecular formula is C20H26IN2O3+. The maximum Gasteiger partial charge on any atom is 0.262 e. The van der Waals surface area contributed by atoms with Crippen LogP contribution in [0.2, 0.25) is 0 Å². The van der Waals surface area contributed by atoms with Crippen LogP contribution in [0.3, 0.4) is 0 Å². The van der Waals surface area contributed by atoms with E-state index in [4.69, 9.17) is 9.47 Å². The second kappa shape index (κ2) is 10.4. The Morgan fingerprint density at radius 3 is 2.73 bits per heavy atom. The fourth-order valence-electron chi connectivity index (χ4n) is 2.54. The van der Waals surface area contributed by atoms with Gasteiger partial charge in [-0.1, -0.05) is 25.1 Å². The number of carbonyl (C=O) groups excluding carboxylic acids is 1. The standard InChI is InChI=1S/C20H25IN2O3/c1-4-9-22-12-15-10-16(21)20(18(11-15)25-3)26-13-19(24)23-17-8-6-5-7-14(17)2/h5-8,10-11,22H,4,9,12-13H2,1-3H3,(H,23,24)/p+1. The topological polar surface area (TPSA) is 64.2 Å². The molecule has 0 aromatic heterocycles. The average Bonchev–Trinajstić information content (AvgIpc) is 2.62. The summed E-state index contributed by atoms with van der Waals surface area (Å²) in [4.78, 5) is 12.2. The van der Waals surface area contributed by atoms with Gasteiger partial charge in [0.25, 0.3) is 5.91 Å². The second-order valence-electron chi connectivity index (χ2n) is 6.04. The Morgan fingerprint density at radius 1 is 1.27 bits per heavy atom. The average molecular weight is 469 g/mol. The summed E-state index contributed by atoms with van der Waals surface area (Å²) in [6.07, 6.45) is 1.14. The maximum atomic E-state index is 12.2. The van der Waals surface area contributed by atoms with Crippen LogP contribution in [0, 0.1) is 10.5 Å². The van der Waals surface area contributed by atoms with E-state index in [-0.39, 0.29) is 12.5 Å². The highest BCUT2D eigenvalue weighted by Crippen LogP contribution is 2.33. The third-order valence-corrected chi connectivity index (χ3v) is 4.73. The van der Waals surface area contributed by atoms with Crippen molar-refractivity contribution in [2.45, 2.75) is 26.8 Å². The molecule has 2 aromatic carbocycles. The van der Waals surface area contributed by atoms with Gasteiger partial charge in [0.1, 0.15) is 6.54 Å². The van der Waals surface area contributed by atoms with E-state index < -0.39 is 0 Å². The molecule has 2 rings (SSSR count). The Balaban J connectivity index is 2.01. The van der Waals surface area contributed by atoms with Crippen molar-refractivity contribution in [3.8, 4) is 11.5 Å². The molecule has 0 saturated carbocycles. The fourth-order valence-corrected chi connectivity index (χ4v) is 3.36. The lowest BCUT2D eigenvalue weighted by Crippen LogP contribution is -2.82. The zero-order valence-electron chi connectivity index (χ0n) is 15.5. The molecule has 5 nitrogen and oxygen atoms in total. The van der Waals surface area contributed by atoms with Crippen LogP contribution in [0.4, 0.5) is 5.69 Å². The van der Waals surface area contributed by atoms with Crippen LogP contribution in [0.25, 0.3) is 0 Å². The number of benzene rings is 2. The van der Waals surface area contributed by atoms with Gasteiger partial charge in [-0.05, 0) is 59.7 Å². The van der Waals surface area contributed by atoms with Gasteiger partial charge in [0.2, 0.25) is 0 Å². The van der Waals surface area contributed by atoms with Gasteiger partial charge in [-0.3, -0.25) is 4.79 Å². The van der Waals surface area contributed by atoms with E-state index in [0.717, 1.165) is 34.3 Å². The van der Waals surface area contributed by atoms with Crippen LogP contribution in [0.15, 0.2) is 36.4 Å². The number of para-hydroxylation sites is 1. The molecule has 1 amide bonds. The molecule has 0 aliphatic heterocycles. The molecule has 0 heterocycles. The quantitative estimate of drug-likeness (QED) is 0.439. The lowest BCUT2D eigenvalue weighted by atomic mass is 10.2. The molecule has 6 heteroatoms. The van der Waals surface area contributed by atoms with Crippen LogP contribution < -0.4 is 20.1 Å². The number of ether oxygens (including phenoxy) is 2. The Hall–Kier alpha value is -1.80. The third kappa shape index (κ3) is 5.88. The summed E-state index contributed by atoms with van der Waals surface area (Å²) in [5.74, 6) is 1.06. The lowest BCUT2D eigenvalue weighted by Gasteiger charge is -2.14. The third-order valence-electron chi connectivity index (χ3n) is 3.93. The molecule has 0 aliphatic rings. The maximum absolute atomic E-state index is 12.2. The molecule has 140 valence electrons. The molecule has 0 atom stereocenters. The summed E-state index contributed by atoms with van der Waals surface area (Å²) in [6, 6.07) is 11.7. The number of hydrogen-bond acceptors (Lipinski definition) is 3. The first-order valence-corrected chi connectivity index (χ1v) is 9.79. The first kappa shape index (κ1) is 20.5. The minimum atomic E-state index is -0.197. The van der Waals surface area contributed by atoms with E-state index in [1.54, 1.807) is 7.11 Å². The van der Waals surface area contributed by atoms with Crippen molar-refractivity contribution in [3.05, 3.63) is 51.1 Å². The van der Waals surface area contributed by atoms with Gasteiger partial charge in [-0.15, -0.1) is 0 Å². The first-order valence-electron chi connectivity index (χ1n) is 8.71. The van der Waals surface area contributed by atoms with Gasteiger partial charge < -0.3 is 20.1 Å². The smallest absolute Gasteiger partial charge is 0.262 e. The number of amides is 1. The minimum Gasteiger partial charge on any atom is -0.493 e. The van der Waals surface area contributed by atoms with E-state index in [9.17, 15) is 4.79 Å². The number of rotatable bonds is 9. The Bertz CT molecular complexity index is 750. The Morgan fingerprint density at radius 2 is 2.04 bits per heavy atom. The summed E-state index contributed by atoms with van der Waals surface area (Å²) >= 11 is 2.22. The van der Waals surface area contributed by atoms with Crippen molar-refractivity contribution >= 4 is 34.2 Å². The first-order chi connectivity index (χ1) is 12.5. The van der Waals surface area contributed by atoms with Crippen LogP contribution in [0.5, 0.6) is 11.5 Å². The predicted octanol–water partition coefficient (Wildman–Crippen LogP) is 3.10. The molecule has 26 heavy (non-hydrogen) atoms. The fraction of sp³-hybridized carbons (Fsp3) is 0.350. The summed E-state index contributed by atoms with van der Waals surface area (Å²) in [6.45, 7) is 6.04. The highest BCUT2D eigenvalue weighted by atomic mass is 127. The van der Waals surface area contributed by atoms with Crippen molar-refractivity contribution < 1.29 is 19.6 Å². The SMILES string of the molecule is CCC[NH2+]Cc1cc(I)c(OCC(=O)Nc2ccccc2C)c(OC)c1.